The summed E-state index contributed by atoms with van der Waals surface area (Å²) in [5.41, 5.74) is 0.286. The molecule has 0 amide bonds. The molecule has 1 aromatic rings. The largest absolute Gasteiger partial charge is 0.494 e. The maximum atomic E-state index is 10.4. The SMILES string of the molecule is CC1(C)OB(c2ccc(OCCCCCC(=O)O)cc2)OC1(C)C. The fourth-order valence-corrected chi connectivity index (χ4v) is 2.45. The normalized spacial score (nSPS) is 18.6. The number of carboxylic acid groups (broad SMARTS) is 1. The second kappa shape index (κ2) is 7.57. The molecule has 1 heterocycles. The van der Waals surface area contributed by atoms with Gasteiger partial charge < -0.3 is 19.2 Å². The third-order valence-electron chi connectivity index (χ3n) is 4.71. The van der Waals surface area contributed by atoms with Gasteiger partial charge in [-0.1, -0.05) is 12.1 Å². The monoisotopic (exact) mass is 334 g/mol. The molecule has 132 valence electrons. The van der Waals surface area contributed by atoms with E-state index in [1.165, 1.54) is 0 Å². The van der Waals surface area contributed by atoms with Crippen molar-refractivity contribution in [2.75, 3.05) is 6.61 Å². The van der Waals surface area contributed by atoms with E-state index >= 15 is 0 Å². The average Bonchev–Trinajstić information content (AvgIpc) is 2.71. The van der Waals surface area contributed by atoms with Gasteiger partial charge in [0, 0.05) is 6.42 Å². The van der Waals surface area contributed by atoms with Crippen molar-refractivity contribution in [1.82, 2.24) is 0 Å². The summed E-state index contributed by atoms with van der Waals surface area (Å²) in [4.78, 5) is 10.4. The zero-order chi connectivity index (χ0) is 17.8. The summed E-state index contributed by atoms with van der Waals surface area (Å²) >= 11 is 0. The van der Waals surface area contributed by atoms with Crippen LogP contribution >= 0.6 is 0 Å². The molecule has 2 rings (SSSR count). The van der Waals surface area contributed by atoms with Crippen LogP contribution in [0.4, 0.5) is 0 Å². The van der Waals surface area contributed by atoms with Gasteiger partial charge in [0.2, 0.25) is 0 Å². The standard InChI is InChI=1S/C18H27BO5/c1-17(2)18(3,4)24-19(23-17)14-9-11-15(12-10-14)22-13-7-5-6-8-16(20)21/h9-12H,5-8,13H2,1-4H3,(H,20,21). The van der Waals surface area contributed by atoms with Crippen LogP contribution in [-0.2, 0) is 14.1 Å². The van der Waals surface area contributed by atoms with Gasteiger partial charge in [0.1, 0.15) is 5.75 Å². The Morgan fingerprint density at radius 2 is 1.62 bits per heavy atom. The van der Waals surface area contributed by atoms with Gasteiger partial charge in [0.05, 0.1) is 17.8 Å². The first-order valence-corrected chi connectivity index (χ1v) is 8.51. The van der Waals surface area contributed by atoms with Crippen molar-refractivity contribution in [1.29, 1.82) is 0 Å². The molecule has 0 bridgehead atoms. The highest BCUT2D eigenvalue weighted by molar-refractivity contribution is 6.62. The van der Waals surface area contributed by atoms with Crippen LogP contribution in [0.5, 0.6) is 5.75 Å². The Labute approximate surface area is 144 Å². The van der Waals surface area contributed by atoms with Crippen LogP contribution in [0.25, 0.3) is 0 Å². The molecule has 0 aromatic heterocycles. The Morgan fingerprint density at radius 3 is 2.17 bits per heavy atom. The fourth-order valence-electron chi connectivity index (χ4n) is 2.45. The number of unbranched alkanes of at least 4 members (excludes halogenated alkanes) is 2. The number of ether oxygens (including phenoxy) is 1. The van der Waals surface area contributed by atoms with Crippen LogP contribution in [0.15, 0.2) is 24.3 Å². The molecule has 0 atom stereocenters. The Bertz CT molecular complexity index is 537. The molecule has 0 saturated carbocycles. The number of carboxylic acids is 1. The van der Waals surface area contributed by atoms with Gasteiger partial charge in [-0.2, -0.15) is 0 Å². The van der Waals surface area contributed by atoms with Gasteiger partial charge >= 0.3 is 13.1 Å². The molecule has 1 N–H and O–H groups in total. The minimum absolute atomic E-state index is 0.225. The summed E-state index contributed by atoms with van der Waals surface area (Å²) < 4.78 is 17.7. The molecule has 1 aromatic carbocycles. The lowest BCUT2D eigenvalue weighted by atomic mass is 9.79. The number of hydrogen-bond acceptors (Lipinski definition) is 4. The van der Waals surface area contributed by atoms with Crippen molar-refractivity contribution in [3.8, 4) is 5.75 Å². The van der Waals surface area contributed by atoms with Crippen molar-refractivity contribution in [2.45, 2.75) is 64.6 Å². The molecule has 5 nitrogen and oxygen atoms in total. The van der Waals surface area contributed by atoms with Gasteiger partial charge in [-0.15, -0.1) is 0 Å². The second-order valence-corrected chi connectivity index (χ2v) is 7.21. The maximum absolute atomic E-state index is 10.4. The molecule has 0 aliphatic carbocycles. The van der Waals surface area contributed by atoms with Crippen molar-refractivity contribution >= 4 is 18.6 Å². The number of aliphatic carboxylic acids is 1. The second-order valence-electron chi connectivity index (χ2n) is 7.21. The third kappa shape index (κ3) is 4.74. The van der Waals surface area contributed by atoms with Gasteiger partial charge in [0.15, 0.2) is 0 Å². The lowest BCUT2D eigenvalue weighted by molar-refractivity contribution is -0.137. The van der Waals surface area contributed by atoms with E-state index in [0.29, 0.717) is 13.0 Å². The van der Waals surface area contributed by atoms with Crippen LogP contribution < -0.4 is 10.2 Å². The molecular weight excluding hydrogens is 307 g/mol. The molecule has 0 spiro atoms. The first kappa shape index (κ1) is 18.8. The van der Waals surface area contributed by atoms with Crippen molar-refractivity contribution in [3.63, 3.8) is 0 Å². The first-order valence-electron chi connectivity index (χ1n) is 8.51. The summed E-state index contributed by atoms with van der Waals surface area (Å²) in [5, 5.41) is 8.58. The Kier molecular flexibility index (Phi) is 5.94. The molecule has 1 saturated heterocycles. The van der Waals surface area contributed by atoms with E-state index in [-0.39, 0.29) is 24.7 Å². The quantitative estimate of drug-likeness (QED) is 0.585. The van der Waals surface area contributed by atoms with Gasteiger partial charge in [-0.3, -0.25) is 4.79 Å². The number of carbonyl (C=O) groups is 1. The fraction of sp³-hybridized carbons (Fsp3) is 0.611. The van der Waals surface area contributed by atoms with E-state index < -0.39 is 5.97 Å². The summed E-state index contributed by atoms with van der Waals surface area (Å²) in [6.07, 6.45) is 2.63. The van der Waals surface area contributed by atoms with Crippen LogP contribution in [0.2, 0.25) is 0 Å². The molecule has 1 aliphatic heterocycles. The Hall–Kier alpha value is -1.53. The zero-order valence-corrected chi connectivity index (χ0v) is 15.0. The van der Waals surface area contributed by atoms with E-state index in [1.807, 2.05) is 52.0 Å². The number of hydrogen-bond donors (Lipinski definition) is 1. The number of benzene rings is 1. The molecule has 0 unspecified atom stereocenters. The predicted octanol–water partition coefficient (Wildman–Crippen LogP) is 3.01. The van der Waals surface area contributed by atoms with Gasteiger partial charge in [-0.25, -0.2) is 0 Å². The highest BCUT2D eigenvalue weighted by Gasteiger charge is 2.51. The van der Waals surface area contributed by atoms with E-state index in [1.54, 1.807) is 0 Å². The molecule has 24 heavy (non-hydrogen) atoms. The Balaban J connectivity index is 1.78. The van der Waals surface area contributed by atoms with Crippen molar-refractivity contribution < 1.29 is 23.9 Å². The minimum Gasteiger partial charge on any atom is -0.494 e. The van der Waals surface area contributed by atoms with Crippen LogP contribution in [0.1, 0.15) is 53.4 Å². The molecule has 1 aliphatic rings. The topological polar surface area (TPSA) is 65.0 Å². The van der Waals surface area contributed by atoms with Gasteiger partial charge in [-0.05, 0) is 64.6 Å². The van der Waals surface area contributed by atoms with Crippen molar-refractivity contribution in [2.24, 2.45) is 0 Å². The van der Waals surface area contributed by atoms with Gasteiger partial charge in [0.25, 0.3) is 0 Å². The first-order chi connectivity index (χ1) is 11.2. The Morgan fingerprint density at radius 1 is 1.04 bits per heavy atom. The zero-order valence-electron chi connectivity index (χ0n) is 15.0. The lowest BCUT2D eigenvalue weighted by Gasteiger charge is -2.32. The summed E-state index contributed by atoms with van der Waals surface area (Å²) in [7, 11) is -0.361. The van der Waals surface area contributed by atoms with Crippen molar-refractivity contribution in [3.05, 3.63) is 24.3 Å². The molecule has 0 radical (unpaired) electrons. The average molecular weight is 334 g/mol. The van der Waals surface area contributed by atoms with E-state index in [2.05, 4.69) is 0 Å². The lowest BCUT2D eigenvalue weighted by Crippen LogP contribution is -2.41. The molecule has 6 heteroatoms. The maximum Gasteiger partial charge on any atom is 0.494 e. The molecular formula is C18H27BO5. The van der Waals surface area contributed by atoms with E-state index in [9.17, 15) is 4.79 Å². The van der Waals surface area contributed by atoms with Crippen LogP contribution in [-0.4, -0.2) is 36.0 Å². The van der Waals surface area contributed by atoms with Crippen LogP contribution in [0.3, 0.4) is 0 Å². The highest BCUT2D eigenvalue weighted by Crippen LogP contribution is 2.36. The third-order valence-corrected chi connectivity index (χ3v) is 4.71. The summed E-state index contributed by atoms with van der Waals surface area (Å²) in [5.74, 6) is 0.0581. The minimum atomic E-state index is -0.741. The molecule has 1 fully saturated rings. The smallest absolute Gasteiger partial charge is 0.494 e. The van der Waals surface area contributed by atoms with Crippen LogP contribution in [0, 0.1) is 0 Å². The summed E-state index contributed by atoms with van der Waals surface area (Å²) in [6, 6.07) is 7.75. The number of rotatable bonds is 8. The summed E-state index contributed by atoms with van der Waals surface area (Å²) in [6.45, 7) is 8.74. The highest BCUT2D eigenvalue weighted by atomic mass is 16.7. The van der Waals surface area contributed by atoms with E-state index in [0.717, 1.165) is 24.1 Å². The predicted molar refractivity (Wildman–Crippen MR) is 93.8 cm³/mol. The van der Waals surface area contributed by atoms with E-state index in [4.69, 9.17) is 19.2 Å².